The second-order valence-corrected chi connectivity index (χ2v) is 5.01. The standard InChI is InChI=1S/C14H12F3N5O/c1-22-7-8(9-4-2-3-5-10(9)22)6-11(23)18-13-19-12(20-21-13)14(15,16)17/h2-5,7H,6H2,1H3,(H2,18,19,20,21,23). The first-order chi connectivity index (χ1) is 10.8. The molecule has 2 heterocycles. The van der Waals surface area contributed by atoms with Crippen molar-refractivity contribution in [2.75, 3.05) is 5.32 Å². The summed E-state index contributed by atoms with van der Waals surface area (Å²) in [6.45, 7) is 0. The lowest BCUT2D eigenvalue weighted by Gasteiger charge is -2.01. The summed E-state index contributed by atoms with van der Waals surface area (Å²) in [6, 6.07) is 7.54. The van der Waals surface area contributed by atoms with Gasteiger partial charge in [-0.2, -0.15) is 18.2 Å². The lowest BCUT2D eigenvalue weighted by molar-refractivity contribution is -0.144. The zero-order valence-electron chi connectivity index (χ0n) is 12.0. The Labute approximate surface area is 128 Å². The summed E-state index contributed by atoms with van der Waals surface area (Å²) in [7, 11) is 1.86. The molecule has 0 fully saturated rings. The largest absolute Gasteiger partial charge is 0.451 e. The van der Waals surface area contributed by atoms with Gasteiger partial charge in [0.1, 0.15) is 0 Å². The van der Waals surface area contributed by atoms with Crippen LogP contribution in [0.25, 0.3) is 10.9 Å². The number of halogens is 3. The smallest absolute Gasteiger partial charge is 0.350 e. The minimum atomic E-state index is -4.63. The van der Waals surface area contributed by atoms with E-state index >= 15 is 0 Å². The molecule has 3 rings (SSSR count). The lowest BCUT2D eigenvalue weighted by Crippen LogP contribution is -2.15. The van der Waals surface area contributed by atoms with Crippen molar-refractivity contribution in [1.29, 1.82) is 0 Å². The maximum atomic E-state index is 12.4. The highest BCUT2D eigenvalue weighted by molar-refractivity contribution is 5.94. The number of aryl methyl sites for hydroxylation is 1. The van der Waals surface area contributed by atoms with Gasteiger partial charge in [0.2, 0.25) is 17.7 Å². The minimum absolute atomic E-state index is 0.0112. The number of para-hydroxylation sites is 1. The van der Waals surface area contributed by atoms with Crippen LogP contribution in [0.5, 0.6) is 0 Å². The van der Waals surface area contributed by atoms with Crippen molar-refractivity contribution in [3.8, 4) is 0 Å². The maximum Gasteiger partial charge on any atom is 0.451 e. The van der Waals surface area contributed by atoms with E-state index < -0.39 is 23.9 Å². The molecule has 1 aromatic carbocycles. The molecule has 0 saturated heterocycles. The van der Waals surface area contributed by atoms with Gasteiger partial charge in [0.05, 0.1) is 6.42 Å². The first-order valence-electron chi connectivity index (χ1n) is 6.67. The number of nitrogens with one attached hydrogen (secondary N) is 2. The Hall–Kier alpha value is -2.84. The van der Waals surface area contributed by atoms with Gasteiger partial charge in [-0.15, -0.1) is 5.10 Å². The number of alkyl halides is 3. The van der Waals surface area contributed by atoms with Gasteiger partial charge in [0.15, 0.2) is 0 Å². The van der Waals surface area contributed by atoms with Gasteiger partial charge < -0.3 is 4.57 Å². The summed E-state index contributed by atoms with van der Waals surface area (Å²) in [6.07, 6.45) is -2.81. The highest BCUT2D eigenvalue weighted by Gasteiger charge is 2.35. The number of rotatable bonds is 3. The van der Waals surface area contributed by atoms with E-state index in [-0.39, 0.29) is 6.42 Å². The van der Waals surface area contributed by atoms with Crippen molar-refractivity contribution in [3.05, 3.63) is 41.9 Å². The maximum absolute atomic E-state index is 12.4. The first-order valence-corrected chi connectivity index (χ1v) is 6.67. The van der Waals surface area contributed by atoms with Crippen LogP contribution < -0.4 is 5.32 Å². The number of carbonyl (C=O) groups is 1. The molecule has 0 atom stereocenters. The summed E-state index contributed by atoms with van der Waals surface area (Å²) in [4.78, 5) is 15.2. The normalized spacial score (nSPS) is 11.8. The highest BCUT2D eigenvalue weighted by Crippen LogP contribution is 2.26. The van der Waals surface area contributed by atoms with E-state index in [1.54, 1.807) is 5.10 Å². The molecule has 0 aliphatic rings. The second-order valence-electron chi connectivity index (χ2n) is 5.01. The van der Waals surface area contributed by atoms with Crippen LogP contribution in [0.15, 0.2) is 30.5 Å². The van der Waals surface area contributed by atoms with Crippen molar-refractivity contribution in [3.63, 3.8) is 0 Å². The van der Waals surface area contributed by atoms with Crippen molar-refractivity contribution in [2.24, 2.45) is 7.05 Å². The van der Waals surface area contributed by atoms with Gasteiger partial charge in [-0.3, -0.25) is 15.2 Å². The van der Waals surface area contributed by atoms with Crippen molar-refractivity contribution < 1.29 is 18.0 Å². The summed E-state index contributed by atoms with van der Waals surface area (Å²) >= 11 is 0. The molecule has 0 aliphatic heterocycles. The van der Waals surface area contributed by atoms with E-state index in [1.807, 2.05) is 42.1 Å². The van der Waals surface area contributed by atoms with E-state index in [0.717, 1.165) is 16.5 Å². The average Bonchev–Trinajstić information content (AvgIpc) is 3.05. The van der Waals surface area contributed by atoms with Gasteiger partial charge in [-0.1, -0.05) is 18.2 Å². The summed E-state index contributed by atoms with van der Waals surface area (Å²) in [5.74, 6) is -2.14. The molecule has 0 unspecified atom stereocenters. The fourth-order valence-electron chi connectivity index (χ4n) is 2.35. The predicted octanol–water partition coefficient (Wildman–Crippen LogP) is 2.50. The highest BCUT2D eigenvalue weighted by atomic mass is 19.4. The number of anilines is 1. The molecular formula is C14H12F3N5O. The zero-order valence-corrected chi connectivity index (χ0v) is 12.0. The Morgan fingerprint density at radius 2 is 2.09 bits per heavy atom. The van der Waals surface area contributed by atoms with Crippen LogP contribution in [0.4, 0.5) is 19.1 Å². The van der Waals surface area contributed by atoms with Crippen LogP contribution >= 0.6 is 0 Å². The Bertz CT molecular complexity index is 865. The SMILES string of the molecule is Cn1cc(CC(=O)Nc2n[nH]c(C(F)(F)F)n2)c2ccccc21. The van der Waals surface area contributed by atoms with Crippen LogP contribution in [-0.2, 0) is 24.4 Å². The van der Waals surface area contributed by atoms with Crippen LogP contribution in [0, 0.1) is 0 Å². The Kier molecular flexibility index (Phi) is 3.55. The molecule has 120 valence electrons. The van der Waals surface area contributed by atoms with Gasteiger partial charge >= 0.3 is 6.18 Å². The van der Waals surface area contributed by atoms with E-state index in [1.165, 1.54) is 0 Å². The molecule has 0 saturated carbocycles. The average molecular weight is 323 g/mol. The number of H-pyrrole nitrogens is 1. The van der Waals surface area contributed by atoms with Crippen molar-refractivity contribution in [2.45, 2.75) is 12.6 Å². The van der Waals surface area contributed by atoms with E-state index in [4.69, 9.17) is 0 Å². The van der Waals surface area contributed by atoms with E-state index in [0.29, 0.717) is 0 Å². The number of carbonyl (C=O) groups excluding carboxylic acids is 1. The molecule has 1 amide bonds. The minimum Gasteiger partial charge on any atom is -0.350 e. The molecule has 23 heavy (non-hydrogen) atoms. The number of nitrogens with zero attached hydrogens (tertiary/aromatic N) is 3. The van der Waals surface area contributed by atoms with Crippen molar-refractivity contribution in [1.82, 2.24) is 19.7 Å². The lowest BCUT2D eigenvalue weighted by atomic mass is 10.1. The molecule has 3 aromatic rings. The molecule has 0 radical (unpaired) electrons. The number of amides is 1. The Morgan fingerprint density at radius 3 is 2.78 bits per heavy atom. The third kappa shape index (κ3) is 3.03. The zero-order chi connectivity index (χ0) is 16.6. The fraction of sp³-hybridized carbons (Fsp3) is 0.214. The van der Waals surface area contributed by atoms with Gasteiger partial charge in [-0.25, -0.2) is 0 Å². The number of hydrogen-bond acceptors (Lipinski definition) is 3. The third-order valence-corrected chi connectivity index (χ3v) is 3.34. The number of aromatic nitrogens is 4. The van der Waals surface area contributed by atoms with Crippen LogP contribution in [-0.4, -0.2) is 25.7 Å². The number of aromatic amines is 1. The monoisotopic (exact) mass is 323 g/mol. The quantitative estimate of drug-likeness (QED) is 0.777. The van der Waals surface area contributed by atoms with Gasteiger partial charge in [-0.05, 0) is 11.6 Å². The van der Waals surface area contributed by atoms with Crippen LogP contribution in [0.1, 0.15) is 11.4 Å². The topological polar surface area (TPSA) is 75.6 Å². The van der Waals surface area contributed by atoms with Crippen molar-refractivity contribution >= 4 is 22.8 Å². The molecule has 2 N–H and O–H groups in total. The molecule has 0 bridgehead atoms. The fourth-order valence-corrected chi connectivity index (χ4v) is 2.35. The Morgan fingerprint density at radius 1 is 1.35 bits per heavy atom. The van der Waals surface area contributed by atoms with Gasteiger partial charge in [0, 0.05) is 24.1 Å². The predicted molar refractivity (Wildman–Crippen MR) is 76.6 cm³/mol. The molecule has 9 heteroatoms. The molecule has 2 aromatic heterocycles. The summed E-state index contributed by atoms with van der Waals surface area (Å²) < 4.78 is 39.1. The number of hydrogen-bond donors (Lipinski definition) is 2. The van der Waals surface area contributed by atoms with E-state index in [9.17, 15) is 18.0 Å². The van der Waals surface area contributed by atoms with Gasteiger partial charge in [0.25, 0.3) is 0 Å². The van der Waals surface area contributed by atoms with Crippen LogP contribution in [0.3, 0.4) is 0 Å². The third-order valence-electron chi connectivity index (χ3n) is 3.34. The van der Waals surface area contributed by atoms with E-state index in [2.05, 4.69) is 15.4 Å². The second kappa shape index (κ2) is 5.41. The number of fused-ring (bicyclic) bond motifs is 1. The van der Waals surface area contributed by atoms with Crippen LogP contribution in [0.2, 0.25) is 0 Å². The first kappa shape index (κ1) is 15.1. The molecular weight excluding hydrogens is 311 g/mol. The molecule has 6 nitrogen and oxygen atoms in total. The summed E-state index contributed by atoms with van der Waals surface area (Å²) in [5.41, 5.74) is 1.74. The summed E-state index contributed by atoms with van der Waals surface area (Å²) in [5, 5.41) is 8.25. The molecule has 0 spiro atoms. The number of benzene rings is 1. The molecule has 0 aliphatic carbocycles. The Balaban J connectivity index is 1.75.